The summed E-state index contributed by atoms with van der Waals surface area (Å²) in [7, 11) is 4.04. The lowest BCUT2D eigenvalue weighted by Gasteiger charge is -2.12. The average molecular weight is 298 g/mol. The predicted octanol–water partition coefficient (Wildman–Crippen LogP) is 2.62. The second-order valence-corrected chi connectivity index (χ2v) is 5.48. The van der Waals surface area contributed by atoms with Crippen molar-refractivity contribution < 1.29 is 4.79 Å². The number of amides is 1. The van der Waals surface area contributed by atoms with Crippen molar-refractivity contribution in [3.8, 4) is 0 Å². The second kappa shape index (κ2) is 7.56. The van der Waals surface area contributed by atoms with Crippen LogP contribution in [0.2, 0.25) is 0 Å². The van der Waals surface area contributed by atoms with Gasteiger partial charge in [-0.15, -0.1) is 0 Å². The Hall–Kier alpha value is -2.40. The molecule has 22 heavy (non-hydrogen) atoms. The van der Waals surface area contributed by atoms with Gasteiger partial charge in [0.25, 0.3) is 5.91 Å². The molecule has 0 unspecified atom stereocenters. The van der Waals surface area contributed by atoms with Gasteiger partial charge < -0.3 is 15.5 Å². The maximum Gasteiger partial charge on any atom is 0.274 e. The summed E-state index contributed by atoms with van der Waals surface area (Å²) in [5.41, 5.74) is 3.22. The third-order valence-corrected chi connectivity index (χ3v) is 3.19. The molecule has 0 radical (unpaired) electrons. The molecule has 116 valence electrons. The van der Waals surface area contributed by atoms with Crippen LogP contribution in [0, 0.1) is 6.92 Å². The average Bonchev–Trinajstić information content (AvgIpc) is 2.49. The summed E-state index contributed by atoms with van der Waals surface area (Å²) >= 11 is 0. The van der Waals surface area contributed by atoms with Crippen LogP contribution in [0.1, 0.15) is 16.1 Å². The van der Waals surface area contributed by atoms with Gasteiger partial charge in [0.2, 0.25) is 0 Å². The summed E-state index contributed by atoms with van der Waals surface area (Å²) in [5.74, 6) is -0.208. The third kappa shape index (κ3) is 4.86. The van der Waals surface area contributed by atoms with Gasteiger partial charge in [-0.3, -0.25) is 9.78 Å². The molecule has 1 aromatic carbocycles. The second-order valence-electron chi connectivity index (χ2n) is 5.48. The molecule has 0 bridgehead atoms. The van der Waals surface area contributed by atoms with Gasteiger partial charge in [-0.2, -0.15) is 0 Å². The number of carbonyl (C=O) groups excluding carboxylic acids is 1. The molecule has 0 spiro atoms. The highest BCUT2D eigenvalue weighted by Gasteiger charge is 2.08. The summed E-state index contributed by atoms with van der Waals surface area (Å²) in [5, 5.41) is 6.13. The molecular weight excluding hydrogens is 276 g/mol. The van der Waals surface area contributed by atoms with Crippen LogP contribution in [-0.2, 0) is 0 Å². The van der Waals surface area contributed by atoms with E-state index in [0.717, 1.165) is 30.0 Å². The van der Waals surface area contributed by atoms with E-state index in [1.54, 1.807) is 12.3 Å². The SMILES string of the molecule is Cc1ccc(NC(=O)c2cc(NCCN(C)C)ccn2)cc1. The van der Waals surface area contributed by atoms with Crippen LogP contribution in [0.15, 0.2) is 42.6 Å². The number of hydrogen-bond donors (Lipinski definition) is 2. The lowest BCUT2D eigenvalue weighted by Crippen LogP contribution is -2.21. The zero-order valence-corrected chi connectivity index (χ0v) is 13.3. The largest absolute Gasteiger partial charge is 0.384 e. The molecule has 0 aliphatic carbocycles. The number of nitrogens with zero attached hydrogens (tertiary/aromatic N) is 2. The minimum atomic E-state index is -0.208. The smallest absolute Gasteiger partial charge is 0.274 e. The molecule has 2 aromatic rings. The van der Waals surface area contributed by atoms with Crippen molar-refractivity contribution in [2.24, 2.45) is 0 Å². The van der Waals surface area contributed by atoms with Crippen LogP contribution >= 0.6 is 0 Å². The van der Waals surface area contributed by atoms with E-state index >= 15 is 0 Å². The van der Waals surface area contributed by atoms with Crippen LogP contribution in [0.5, 0.6) is 0 Å². The molecule has 0 aliphatic heterocycles. The molecule has 0 atom stereocenters. The van der Waals surface area contributed by atoms with Crippen molar-refractivity contribution in [1.29, 1.82) is 0 Å². The van der Waals surface area contributed by atoms with E-state index in [2.05, 4.69) is 20.5 Å². The Labute approximate surface area is 131 Å². The predicted molar refractivity (Wildman–Crippen MR) is 90.4 cm³/mol. The Morgan fingerprint density at radius 1 is 1.14 bits per heavy atom. The molecule has 1 aromatic heterocycles. The molecule has 0 saturated carbocycles. The number of anilines is 2. The number of benzene rings is 1. The maximum atomic E-state index is 12.2. The minimum Gasteiger partial charge on any atom is -0.384 e. The number of pyridine rings is 1. The van der Waals surface area contributed by atoms with Crippen molar-refractivity contribution in [2.45, 2.75) is 6.92 Å². The van der Waals surface area contributed by atoms with Gasteiger partial charge >= 0.3 is 0 Å². The standard InChI is InChI=1S/C17H22N4O/c1-13-4-6-14(7-5-13)20-17(22)16-12-15(8-9-19-16)18-10-11-21(2)3/h4-9,12H,10-11H2,1-3H3,(H,18,19)(H,20,22). The van der Waals surface area contributed by atoms with Crippen LogP contribution in [0.25, 0.3) is 0 Å². The molecule has 2 N–H and O–H groups in total. The van der Waals surface area contributed by atoms with E-state index in [-0.39, 0.29) is 5.91 Å². The first-order valence-electron chi connectivity index (χ1n) is 7.27. The molecular formula is C17H22N4O. The first kappa shape index (κ1) is 16.0. The summed E-state index contributed by atoms with van der Waals surface area (Å²) in [6.45, 7) is 3.75. The quantitative estimate of drug-likeness (QED) is 0.861. The Morgan fingerprint density at radius 3 is 2.55 bits per heavy atom. The molecule has 1 heterocycles. The van der Waals surface area contributed by atoms with Gasteiger partial charge in [0.05, 0.1) is 0 Å². The molecule has 5 heteroatoms. The van der Waals surface area contributed by atoms with Crippen molar-refractivity contribution in [2.75, 3.05) is 37.8 Å². The van der Waals surface area contributed by atoms with E-state index in [4.69, 9.17) is 0 Å². The fourth-order valence-corrected chi connectivity index (χ4v) is 1.92. The number of hydrogen-bond acceptors (Lipinski definition) is 4. The van der Waals surface area contributed by atoms with Crippen LogP contribution in [0.4, 0.5) is 11.4 Å². The monoisotopic (exact) mass is 298 g/mol. The number of nitrogens with one attached hydrogen (secondary N) is 2. The molecule has 0 fully saturated rings. The van der Waals surface area contributed by atoms with E-state index in [0.29, 0.717) is 5.69 Å². The molecule has 0 saturated heterocycles. The Bertz CT molecular complexity index is 623. The fourth-order valence-electron chi connectivity index (χ4n) is 1.92. The Balaban J connectivity index is 1.99. The summed E-state index contributed by atoms with van der Waals surface area (Å²) in [6.07, 6.45) is 1.64. The van der Waals surface area contributed by atoms with Crippen molar-refractivity contribution in [1.82, 2.24) is 9.88 Å². The maximum absolute atomic E-state index is 12.2. The van der Waals surface area contributed by atoms with Crippen LogP contribution < -0.4 is 10.6 Å². The van der Waals surface area contributed by atoms with Gasteiger partial charge in [0.1, 0.15) is 5.69 Å². The van der Waals surface area contributed by atoms with Gasteiger partial charge in [-0.25, -0.2) is 0 Å². The number of likely N-dealkylation sites (N-methyl/N-ethyl adjacent to an activating group) is 1. The zero-order valence-electron chi connectivity index (χ0n) is 13.3. The molecule has 1 amide bonds. The first-order chi connectivity index (χ1) is 10.5. The lowest BCUT2D eigenvalue weighted by atomic mass is 10.2. The normalized spacial score (nSPS) is 10.5. The Morgan fingerprint density at radius 2 is 1.86 bits per heavy atom. The first-order valence-corrected chi connectivity index (χ1v) is 7.27. The van der Waals surface area contributed by atoms with Gasteiger partial charge in [-0.05, 0) is 45.3 Å². The number of aryl methyl sites for hydroxylation is 1. The topological polar surface area (TPSA) is 57.3 Å². The molecule has 2 rings (SSSR count). The fraction of sp³-hybridized carbons (Fsp3) is 0.294. The van der Waals surface area contributed by atoms with Crippen LogP contribution in [0.3, 0.4) is 0 Å². The third-order valence-electron chi connectivity index (χ3n) is 3.19. The number of aromatic nitrogens is 1. The van der Waals surface area contributed by atoms with E-state index in [9.17, 15) is 4.79 Å². The van der Waals surface area contributed by atoms with E-state index in [1.807, 2.05) is 51.4 Å². The van der Waals surface area contributed by atoms with Gasteiger partial charge in [0.15, 0.2) is 0 Å². The minimum absolute atomic E-state index is 0.208. The van der Waals surface area contributed by atoms with Gasteiger partial charge in [-0.1, -0.05) is 17.7 Å². The number of carbonyl (C=O) groups is 1. The van der Waals surface area contributed by atoms with Gasteiger partial charge in [0, 0.05) is 30.7 Å². The summed E-state index contributed by atoms with van der Waals surface area (Å²) < 4.78 is 0. The Kier molecular flexibility index (Phi) is 5.49. The molecule has 0 aliphatic rings. The van der Waals surface area contributed by atoms with Crippen molar-refractivity contribution in [3.05, 3.63) is 53.9 Å². The summed E-state index contributed by atoms with van der Waals surface area (Å²) in [4.78, 5) is 18.5. The highest BCUT2D eigenvalue weighted by Crippen LogP contribution is 2.12. The van der Waals surface area contributed by atoms with Crippen molar-refractivity contribution >= 4 is 17.3 Å². The lowest BCUT2D eigenvalue weighted by molar-refractivity contribution is 0.102. The number of rotatable bonds is 6. The van der Waals surface area contributed by atoms with Crippen LogP contribution in [-0.4, -0.2) is 43.0 Å². The highest BCUT2D eigenvalue weighted by molar-refractivity contribution is 6.03. The van der Waals surface area contributed by atoms with E-state index in [1.165, 1.54) is 0 Å². The zero-order chi connectivity index (χ0) is 15.9. The van der Waals surface area contributed by atoms with Crippen molar-refractivity contribution in [3.63, 3.8) is 0 Å². The highest BCUT2D eigenvalue weighted by atomic mass is 16.1. The molecule has 5 nitrogen and oxygen atoms in total. The summed E-state index contributed by atoms with van der Waals surface area (Å²) in [6, 6.07) is 11.3. The van der Waals surface area contributed by atoms with E-state index < -0.39 is 0 Å².